The number of benzene rings is 1. The van der Waals surface area contributed by atoms with Gasteiger partial charge in [0.15, 0.2) is 0 Å². The molecule has 0 aliphatic heterocycles. The standard InChI is InChI=1S/C22H33N3O2/c1-14-6-4-7-15(2)19(14)21(26)24-17-12-10-16(11-13-17)20(23)22(27)25(3)18-8-5-9-18/h4,6-7,16-18,20H,5,8-13,23H2,1-3H3,(H,24,26)/t16?,17?,20-/m0/s1. The Hall–Kier alpha value is -1.88. The molecule has 5 heteroatoms. The van der Waals surface area contributed by atoms with E-state index in [0.717, 1.165) is 55.2 Å². The molecule has 3 N–H and O–H groups in total. The van der Waals surface area contributed by atoms with Crippen LogP contribution in [0.1, 0.15) is 66.4 Å². The molecule has 2 aliphatic carbocycles. The van der Waals surface area contributed by atoms with E-state index < -0.39 is 6.04 Å². The molecule has 2 amide bonds. The van der Waals surface area contributed by atoms with E-state index in [9.17, 15) is 9.59 Å². The minimum Gasteiger partial charge on any atom is -0.349 e. The summed E-state index contributed by atoms with van der Waals surface area (Å²) in [5.41, 5.74) is 9.11. The van der Waals surface area contributed by atoms with Gasteiger partial charge in [-0.1, -0.05) is 18.2 Å². The third-order valence-electron chi connectivity index (χ3n) is 6.58. The highest BCUT2D eigenvalue weighted by Gasteiger charge is 2.34. The Labute approximate surface area is 162 Å². The minimum absolute atomic E-state index is 0.0131. The number of amides is 2. The van der Waals surface area contributed by atoms with Crippen molar-refractivity contribution < 1.29 is 9.59 Å². The summed E-state index contributed by atoms with van der Waals surface area (Å²) in [5, 5.41) is 3.19. The number of aryl methyl sites for hydroxylation is 2. The first kappa shape index (κ1) is 19.9. The van der Waals surface area contributed by atoms with Crippen molar-refractivity contribution >= 4 is 11.8 Å². The van der Waals surface area contributed by atoms with Gasteiger partial charge in [0.25, 0.3) is 5.91 Å². The fourth-order valence-corrected chi connectivity index (χ4v) is 4.44. The number of hydrogen-bond acceptors (Lipinski definition) is 3. The quantitative estimate of drug-likeness (QED) is 0.836. The van der Waals surface area contributed by atoms with Crippen molar-refractivity contribution in [3.05, 3.63) is 34.9 Å². The second-order valence-electron chi connectivity index (χ2n) is 8.41. The average Bonchev–Trinajstić information content (AvgIpc) is 2.59. The maximum absolute atomic E-state index is 12.7. The fraction of sp³-hybridized carbons (Fsp3) is 0.636. The number of likely N-dealkylation sites (N-methyl/N-ethyl adjacent to an activating group) is 1. The Balaban J connectivity index is 1.51. The van der Waals surface area contributed by atoms with Gasteiger partial charge in [-0.3, -0.25) is 9.59 Å². The van der Waals surface area contributed by atoms with Crippen LogP contribution in [0.3, 0.4) is 0 Å². The maximum atomic E-state index is 12.7. The third-order valence-corrected chi connectivity index (χ3v) is 6.58. The first-order valence-electron chi connectivity index (χ1n) is 10.3. The number of rotatable bonds is 5. The van der Waals surface area contributed by atoms with Crippen LogP contribution in [0.5, 0.6) is 0 Å². The zero-order chi connectivity index (χ0) is 19.6. The first-order valence-corrected chi connectivity index (χ1v) is 10.3. The lowest BCUT2D eigenvalue weighted by atomic mass is 9.80. The minimum atomic E-state index is -0.411. The zero-order valence-corrected chi connectivity index (χ0v) is 16.8. The molecule has 0 aromatic heterocycles. The molecular weight excluding hydrogens is 338 g/mol. The van der Waals surface area contributed by atoms with Crippen LogP contribution in [0, 0.1) is 19.8 Å². The SMILES string of the molecule is Cc1cccc(C)c1C(=O)NC1CCC([C@H](N)C(=O)N(C)C2CCC2)CC1. The molecule has 0 heterocycles. The summed E-state index contributed by atoms with van der Waals surface area (Å²) in [5.74, 6) is 0.315. The molecule has 1 atom stereocenters. The number of carbonyl (C=O) groups excluding carboxylic acids is 2. The summed E-state index contributed by atoms with van der Waals surface area (Å²) < 4.78 is 0. The average molecular weight is 372 g/mol. The van der Waals surface area contributed by atoms with Gasteiger partial charge in [0, 0.05) is 24.7 Å². The van der Waals surface area contributed by atoms with Gasteiger partial charge >= 0.3 is 0 Å². The predicted molar refractivity (Wildman–Crippen MR) is 108 cm³/mol. The van der Waals surface area contributed by atoms with Crippen LogP contribution in [-0.2, 0) is 4.79 Å². The molecule has 1 aromatic rings. The lowest BCUT2D eigenvalue weighted by Crippen LogP contribution is -2.52. The highest BCUT2D eigenvalue weighted by Crippen LogP contribution is 2.29. The van der Waals surface area contributed by atoms with Crippen molar-refractivity contribution in [1.82, 2.24) is 10.2 Å². The van der Waals surface area contributed by atoms with Crippen molar-refractivity contribution in [3.63, 3.8) is 0 Å². The van der Waals surface area contributed by atoms with E-state index in [1.54, 1.807) is 0 Å². The van der Waals surface area contributed by atoms with E-state index in [0.29, 0.717) is 6.04 Å². The summed E-state index contributed by atoms with van der Waals surface area (Å²) in [6.45, 7) is 3.95. The molecule has 2 saturated carbocycles. The molecule has 2 fully saturated rings. The Bertz CT molecular complexity index is 671. The Kier molecular flexibility index (Phi) is 6.20. The number of nitrogens with zero attached hydrogens (tertiary/aromatic N) is 1. The number of carbonyl (C=O) groups is 2. The number of nitrogens with one attached hydrogen (secondary N) is 1. The summed E-state index contributed by atoms with van der Waals surface area (Å²) in [6, 6.07) is 6.07. The highest BCUT2D eigenvalue weighted by molar-refractivity contribution is 5.97. The van der Waals surface area contributed by atoms with Crippen molar-refractivity contribution in [1.29, 1.82) is 0 Å². The lowest BCUT2D eigenvalue weighted by Gasteiger charge is -2.39. The van der Waals surface area contributed by atoms with E-state index in [4.69, 9.17) is 5.73 Å². The Morgan fingerprint density at radius 3 is 2.19 bits per heavy atom. The molecule has 5 nitrogen and oxygen atoms in total. The van der Waals surface area contributed by atoms with Gasteiger partial charge in [-0.25, -0.2) is 0 Å². The molecule has 148 valence electrons. The Morgan fingerprint density at radius 1 is 1.07 bits per heavy atom. The third kappa shape index (κ3) is 4.34. The van der Waals surface area contributed by atoms with Gasteiger partial charge < -0.3 is 16.0 Å². The van der Waals surface area contributed by atoms with E-state index >= 15 is 0 Å². The lowest BCUT2D eigenvalue weighted by molar-refractivity contribution is -0.136. The van der Waals surface area contributed by atoms with E-state index in [-0.39, 0.29) is 23.8 Å². The topological polar surface area (TPSA) is 75.4 Å². The molecule has 0 bridgehead atoms. The Morgan fingerprint density at radius 2 is 1.67 bits per heavy atom. The van der Waals surface area contributed by atoms with Crippen LogP contribution < -0.4 is 11.1 Å². The van der Waals surface area contributed by atoms with Crippen LogP contribution in [-0.4, -0.2) is 41.9 Å². The van der Waals surface area contributed by atoms with Gasteiger partial charge in [-0.05, 0) is 75.8 Å². The second kappa shape index (κ2) is 8.42. The summed E-state index contributed by atoms with van der Waals surface area (Å²) in [6.07, 6.45) is 6.97. The van der Waals surface area contributed by atoms with Crippen molar-refractivity contribution in [2.75, 3.05) is 7.05 Å². The van der Waals surface area contributed by atoms with Gasteiger partial charge in [-0.2, -0.15) is 0 Å². The van der Waals surface area contributed by atoms with Gasteiger partial charge in [0.1, 0.15) is 0 Å². The summed E-state index contributed by atoms with van der Waals surface area (Å²) in [7, 11) is 1.89. The van der Waals surface area contributed by atoms with Crippen molar-refractivity contribution in [2.24, 2.45) is 11.7 Å². The van der Waals surface area contributed by atoms with Gasteiger partial charge in [-0.15, -0.1) is 0 Å². The normalized spacial score (nSPS) is 24.0. The number of hydrogen-bond donors (Lipinski definition) is 2. The molecule has 0 unspecified atom stereocenters. The molecule has 3 rings (SSSR count). The molecule has 0 spiro atoms. The molecule has 0 saturated heterocycles. The highest BCUT2D eigenvalue weighted by atomic mass is 16.2. The van der Waals surface area contributed by atoms with Gasteiger partial charge in [0.2, 0.25) is 5.91 Å². The molecule has 1 aromatic carbocycles. The molecule has 2 aliphatic rings. The number of nitrogens with two attached hydrogens (primary N) is 1. The first-order chi connectivity index (χ1) is 12.9. The zero-order valence-electron chi connectivity index (χ0n) is 16.8. The van der Waals surface area contributed by atoms with E-state index in [1.165, 1.54) is 6.42 Å². The predicted octanol–water partition coefficient (Wildman–Crippen LogP) is 2.93. The molecule has 27 heavy (non-hydrogen) atoms. The van der Waals surface area contributed by atoms with Gasteiger partial charge in [0.05, 0.1) is 6.04 Å². The smallest absolute Gasteiger partial charge is 0.252 e. The van der Waals surface area contributed by atoms with Crippen LogP contribution >= 0.6 is 0 Å². The van der Waals surface area contributed by atoms with Crippen molar-refractivity contribution in [3.8, 4) is 0 Å². The van der Waals surface area contributed by atoms with Crippen LogP contribution in [0.2, 0.25) is 0 Å². The largest absolute Gasteiger partial charge is 0.349 e. The summed E-state index contributed by atoms with van der Waals surface area (Å²) >= 11 is 0. The fourth-order valence-electron chi connectivity index (χ4n) is 4.44. The van der Waals surface area contributed by atoms with Crippen LogP contribution in [0.15, 0.2) is 18.2 Å². The summed E-state index contributed by atoms with van der Waals surface area (Å²) in [4.78, 5) is 27.2. The van der Waals surface area contributed by atoms with Crippen LogP contribution in [0.25, 0.3) is 0 Å². The van der Waals surface area contributed by atoms with Crippen molar-refractivity contribution in [2.45, 2.75) is 76.9 Å². The van der Waals surface area contributed by atoms with E-state index in [1.807, 2.05) is 44.0 Å². The second-order valence-corrected chi connectivity index (χ2v) is 8.41. The molecule has 0 radical (unpaired) electrons. The molecular formula is C22H33N3O2. The monoisotopic (exact) mass is 371 g/mol. The van der Waals surface area contributed by atoms with Crippen LogP contribution in [0.4, 0.5) is 0 Å². The maximum Gasteiger partial charge on any atom is 0.252 e. The van der Waals surface area contributed by atoms with E-state index in [2.05, 4.69) is 5.32 Å².